The van der Waals surface area contributed by atoms with E-state index in [-0.39, 0.29) is 25.6 Å². The summed E-state index contributed by atoms with van der Waals surface area (Å²) in [7, 11) is 3.79. The van der Waals surface area contributed by atoms with Crippen molar-refractivity contribution in [2.24, 2.45) is 0 Å². The van der Waals surface area contributed by atoms with Crippen molar-refractivity contribution in [2.75, 3.05) is 33.9 Å². The van der Waals surface area contributed by atoms with E-state index in [4.69, 9.17) is 14.2 Å². The van der Waals surface area contributed by atoms with Gasteiger partial charge in [-0.15, -0.1) is 12.4 Å². The zero-order valence-corrected chi connectivity index (χ0v) is 23.8. The van der Waals surface area contributed by atoms with E-state index in [2.05, 4.69) is 5.32 Å². The van der Waals surface area contributed by atoms with Crippen molar-refractivity contribution < 1.29 is 28.6 Å². The quantitative estimate of drug-likeness (QED) is 0.283. The Balaban J connectivity index is 0.00000684. The number of dihydropyridines is 1. The number of nitrogens with zero attached hydrogens (tertiary/aromatic N) is 1. The molecule has 9 heteroatoms. The van der Waals surface area contributed by atoms with E-state index >= 15 is 0 Å². The van der Waals surface area contributed by atoms with Crippen LogP contribution in [0.2, 0.25) is 0 Å². The Kier molecular flexibility index (Phi) is 12.1. The highest BCUT2D eigenvalue weighted by Crippen LogP contribution is 2.41. The molecule has 204 valence electrons. The van der Waals surface area contributed by atoms with Gasteiger partial charge in [0.05, 0.1) is 30.3 Å². The molecule has 37 heavy (non-hydrogen) atoms. The first-order chi connectivity index (χ1) is 16.9. The number of nitrogens with one attached hydrogen (secondary N) is 1. The number of carbonyl (C=O) groups is 3. The second kappa shape index (κ2) is 14.0. The molecule has 0 saturated heterocycles. The smallest absolute Gasteiger partial charge is 0.336 e. The van der Waals surface area contributed by atoms with Crippen LogP contribution in [-0.2, 0) is 28.6 Å². The van der Waals surface area contributed by atoms with Crippen molar-refractivity contribution in [1.82, 2.24) is 10.2 Å². The van der Waals surface area contributed by atoms with Gasteiger partial charge in [0.1, 0.15) is 5.60 Å². The first-order valence-electron chi connectivity index (χ1n) is 12.1. The van der Waals surface area contributed by atoms with Gasteiger partial charge in [-0.1, -0.05) is 24.3 Å². The zero-order chi connectivity index (χ0) is 27.0. The molecule has 8 nitrogen and oxygen atoms in total. The topological polar surface area (TPSA) is 94.2 Å². The average Bonchev–Trinajstić information content (AvgIpc) is 2.76. The highest BCUT2D eigenvalue weighted by molar-refractivity contribution is 6.00. The normalized spacial score (nSPS) is 15.9. The second-order valence-corrected chi connectivity index (χ2v) is 9.66. The number of allylic oxidation sites excluding steroid dienone is 1. The Bertz CT molecular complexity index is 1080. The molecule has 0 bridgehead atoms. The van der Waals surface area contributed by atoms with Crippen LogP contribution >= 0.6 is 12.4 Å². The Morgan fingerprint density at radius 3 is 2.11 bits per heavy atom. The van der Waals surface area contributed by atoms with Gasteiger partial charge in [-0.3, -0.25) is 0 Å². The minimum absolute atomic E-state index is 0. The fraction of sp³-hybridized carbons (Fsp3) is 0.464. The molecule has 0 spiro atoms. The highest BCUT2D eigenvalue weighted by atomic mass is 35.5. The highest BCUT2D eigenvalue weighted by Gasteiger charge is 2.39. The molecule has 0 saturated carbocycles. The molecule has 1 aliphatic rings. The van der Waals surface area contributed by atoms with Gasteiger partial charge in [0.25, 0.3) is 0 Å². The van der Waals surface area contributed by atoms with Crippen LogP contribution < -0.4 is 5.32 Å². The van der Waals surface area contributed by atoms with Gasteiger partial charge in [0.15, 0.2) is 0 Å². The molecule has 2 rings (SSSR count). The van der Waals surface area contributed by atoms with Gasteiger partial charge in [-0.05, 0) is 72.8 Å². The molecular formula is C28H39ClN2O6. The van der Waals surface area contributed by atoms with Gasteiger partial charge in [-0.25, -0.2) is 14.4 Å². The molecule has 0 aromatic heterocycles. The Morgan fingerprint density at radius 2 is 1.57 bits per heavy atom. The maximum atomic E-state index is 13.3. The van der Waals surface area contributed by atoms with Crippen LogP contribution in [0.25, 0.3) is 6.08 Å². The van der Waals surface area contributed by atoms with Crippen molar-refractivity contribution in [2.45, 2.75) is 53.1 Å². The van der Waals surface area contributed by atoms with Crippen LogP contribution in [0.3, 0.4) is 0 Å². The van der Waals surface area contributed by atoms with E-state index in [9.17, 15) is 14.4 Å². The minimum atomic E-state index is -0.765. The maximum Gasteiger partial charge on any atom is 0.336 e. The fourth-order valence-electron chi connectivity index (χ4n) is 4.00. The van der Waals surface area contributed by atoms with Crippen LogP contribution in [0.5, 0.6) is 0 Å². The first kappa shape index (κ1) is 31.9. The standard InChI is InChI=1S/C28H38N2O6.ClH/c1-9-34-26(32)23-18(3)29-21(17-30(7)8)25(27(33)35-10-2)24(23)20-14-12-11-13-19(20)15-16-22(31)36-28(4,5)6;/h11-16,24,29H,9-10,17H2,1-8H3;1H/b16-15+;/t24-;/m1./s1. The summed E-state index contributed by atoms with van der Waals surface area (Å²) in [6, 6.07) is 7.32. The molecule has 1 atom stereocenters. The molecule has 1 aromatic rings. The van der Waals surface area contributed by atoms with Crippen LogP contribution in [0, 0.1) is 0 Å². The molecule has 1 N–H and O–H groups in total. The summed E-state index contributed by atoms with van der Waals surface area (Å²) in [5, 5.41) is 3.25. The maximum absolute atomic E-state index is 13.3. The van der Waals surface area contributed by atoms with E-state index < -0.39 is 29.4 Å². The van der Waals surface area contributed by atoms with Crippen molar-refractivity contribution >= 4 is 36.4 Å². The molecule has 0 amide bonds. The van der Waals surface area contributed by atoms with E-state index in [1.165, 1.54) is 6.08 Å². The Labute approximate surface area is 226 Å². The Hall–Kier alpha value is -3.10. The van der Waals surface area contributed by atoms with E-state index in [0.717, 1.165) is 0 Å². The van der Waals surface area contributed by atoms with Gasteiger partial charge >= 0.3 is 17.9 Å². The Morgan fingerprint density at radius 1 is 1.00 bits per heavy atom. The summed E-state index contributed by atoms with van der Waals surface area (Å²) in [5.41, 5.74) is 2.58. The fourth-order valence-corrected chi connectivity index (χ4v) is 4.00. The predicted octanol–water partition coefficient (Wildman–Crippen LogP) is 4.37. The minimum Gasteiger partial charge on any atom is -0.463 e. The molecule has 0 unspecified atom stereocenters. The molecule has 1 heterocycles. The molecular weight excluding hydrogens is 496 g/mol. The largest absolute Gasteiger partial charge is 0.463 e. The van der Waals surface area contributed by atoms with Crippen LogP contribution in [-0.4, -0.2) is 62.3 Å². The summed E-state index contributed by atoms with van der Waals surface area (Å²) in [6.07, 6.45) is 2.98. The van der Waals surface area contributed by atoms with E-state index in [1.807, 2.05) is 43.3 Å². The lowest BCUT2D eigenvalue weighted by Gasteiger charge is -2.33. The van der Waals surface area contributed by atoms with Gasteiger partial charge in [0, 0.05) is 24.0 Å². The summed E-state index contributed by atoms with van der Waals surface area (Å²) < 4.78 is 16.2. The number of likely N-dealkylation sites (N-methyl/N-ethyl adjacent to an activating group) is 1. The van der Waals surface area contributed by atoms with Crippen LogP contribution in [0.4, 0.5) is 0 Å². The second-order valence-electron chi connectivity index (χ2n) is 9.66. The third-order valence-corrected chi connectivity index (χ3v) is 5.22. The van der Waals surface area contributed by atoms with Gasteiger partial charge in [0.2, 0.25) is 0 Å². The summed E-state index contributed by atoms with van der Waals surface area (Å²) in [5.74, 6) is -2.30. The van der Waals surface area contributed by atoms with Crippen molar-refractivity contribution in [3.8, 4) is 0 Å². The lowest BCUT2D eigenvalue weighted by atomic mass is 9.78. The predicted molar refractivity (Wildman–Crippen MR) is 146 cm³/mol. The summed E-state index contributed by atoms with van der Waals surface area (Å²) in [6.45, 7) is 11.4. The molecule has 1 aromatic carbocycles. The number of hydrogen-bond donors (Lipinski definition) is 1. The van der Waals surface area contributed by atoms with Crippen molar-refractivity contribution in [3.63, 3.8) is 0 Å². The molecule has 0 aliphatic carbocycles. The van der Waals surface area contributed by atoms with E-state index in [1.54, 1.807) is 47.6 Å². The number of carbonyl (C=O) groups excluding carboxylic acids is 3. The summed E-state index contributed by atoms with van der Waals surface area (Å²) >= 11 is 0. The summed E-state index contributed by atoms with van der Waals surface area (Å²) in [4.78, 5) is 40.8. The average molecular weight is 535 g/mol. The van der Waals surface area contributed by atoms with Crippen LogP contribution in [0.1, 0.15) is 58.6 Å². The SMILES string of the molecule is CCOC(=O)C1=C(C)NC(CN(C)C)=C(C(=O)OCC)[C@@H]1c1ccccc1/C=C/C(=O)OC(C)(C)C.Cl. The van der Waals surface area contributed by atoms with Crippen molar-refractivity contribution in [1.29, 1.82) is 0 Å². The molecule has 0 radical (unpaired) electrons. The number of halogens is 1. The first-order valence-corrected chi connectivity index (χ1v) is 12.1. The molecule has 0 fully saturated rings. The van der Waals surface area contributed by atoms with Gasteiger partial charge < -0.3 is 24.4 Å². The number of esters is 3. The monoisotopic (exact) mass is 534 g/mol. The van der Waals surface area contributed by atoms with Crippen molar-refractivity contribution in [3.05, 3.63) is 64.0 Å². The number of rotatable bonds is 9. The number of ether oxygens (including phenoxy) is 3. The lowest BCUT2D eigenvalue weighted by molar-refractivity contribution is -0.148. The zero-order valence-electron chi connectivity index (χ0n) is 23.0. The third kappa shape index (κ3) is 8.76. The lowest BCUT2D eigenvalue weighted by Crippen LogP contribution is -2.37. The number of hydrogen-bond acceptors (Lipinski definition) is 8. The van der Waals surface area contributed by atoms with Crippen LogP contribution in [0.15, 0.2) is 52.9 Å². The van der Waals surface area contributed by atoms with E-state index in [0.29, 0.717) is 40.2 Å². The third-order valence-electron chi connectivity index (χ3n) is 5.22. The van der Waals surface area contributed by atoms with Gasteiger partial charge in [-0.2, -0.15) is 0 Å². The number of benzene rings is 1. The molecule has 1 aliphatic heterocycles.